The van der Waals surface area contributed by atoms with E-state index in [0.29, 0.717) is 18.1 Å². The first kappa shape index (κ1) is 13.0. The van der Waals surface area contributed by atoms with Crippen molar-refractivity contribution < 1.29 is 19.4 Å². The largest absolute Gasteiger partial charge is 0.493 e. The Morgan fingerprint density at radius 3 is 2.95 bits per heavy atom. The molecule has 2 fully saturated rings. The average molecular weight is 288 g/mol. The quantitative estimate of drug-likeness (QED) is 0.925. The van der Waals surface area contributed by atoms with E-state index in [1.54, 1.807) is 0 Å². The zero-order chi connectivity index (χ0) is 14.4. The van der Waals surface area contributed by atoms with E-state index >= 15 is 0 Å². The fourth-order valence-corrected chi connectivity index (χ4v) is 4.22. The van der Waals surface area contributed by atoms with Crippen molar-refractivity contribution in [3.8, 4) is 11.5 Å². The van der Waals surface area contributed by atoms with Gasteiger partial charge in [0.25, 0.3) is 0 Å². The van der Waals surface area contributed by atoms with Gasteiger partial charge in [-0.2, -0.15) is 0 Å². The summed E-state index contributed by atoms with van der Waals surface area (Å²) in [5.41, 5.74) is 0.953. The minimum absolute atomic E-state index is 0.442. The molecule has 4 heteroatoms. The minimum Gasteiger partial charge on any atom is -0.493 e. The van der Waals surface area contributed by atoms with E-state index in [1.165, 1.54) is 25.7 Å². The van der Waals surface area contributed by atoms with E-state index in [0.717, 1.165) is 29.8 Å². The van der Waals surface area contributed by atoms with Gasteiger partial charge in [0.15, 0.2) is 6.10 Å². The van der Waals surface area contributed by atoms with Crippen molar-refractivity contribution in [1.29, 1.82) is 0 Å². The number of fused-ring (bicyclic) bond motifs is 3. The monoisotopic (exact) mass is 288 g/mol. The van der Waals surface area contributed by atoms with Gasteiger partial charge in [0.1, 0.15) is 11.5 Å². The molecule has 1 aromatic carbocycles. The molecule has 21 heavy (non-hydrogen) atoms. The fraction of sp³-hybridized carbons (Fsp3) is 0.588. The molecule has 0 spiro atoms. The smallest absolute Gasteiger partial charge is 0.345 e. The van der Waals surface area contributed by atoms with Crippen molar-refractivity contribution in [2.24, 2.45) is 17.8 Å². The summed E-state index contributed by atoms with van der Waals surface area (Å²) < 4.78 is 11.4. The van der Waals surface area contributed by atoms with E-state index < -0.39 is 12.1 Å². The van der Waals surface area contributed by atoms with Crippen LogP contribution in [-0.4, -0.2) is 23.8 Å². The Labute approximate surface area is 124 Å². The lowest BCUT2D eigenvalue weighted by Gasteiger charge is -2.21. The Balaban J connectivity index is 1.39. The van der Waals surface area contributed by atoms with Crippen molar-refractivity contribution >= 4 is 5.97 Å². The van der Waals surface area contributed by atoms with Gasteiger partial charge < -0.3 is 14.6 Å². The number of aliphatic carboxylic acids is 1. The van der Waals surface area contributed by atoms with Gasteiger partial charge in [-0.15, -0.1) is 0 Å². The van der Waals surface area contributed by atoms with Crippen molar-refractivity contribution in [2.45, 2.75) is 38.2 Å². The molecule has 1 heterocycles. The first-order chi connectivity index (χ1) is 10.2. The van der Waals surface area contributed by atoms with Crippen molar-refractivity contribution in [3.05, 3.63) is 23.8 Å². The number of rotatable bonds is 4. The predicted molar refractivity (Wildman–Crippen MR) is 76.6 cm³/mol. The molecule has 1 aromatic rings. The van der Waals surface area contributed by atoms with Crippen LogP contribution in [0.4, 0.5) is 0 Å². The number of carbonyl (C=O) groups is 1. The molecule has 112 valence electrons. The summed E-state index contributed by atoms with van der Waals surface area (Å²) in [4.78, 5) is 11.0. The van der Waals surface area contributed by atoms with Gasteiger partial charge in [-0.3, -0.25) is 0 Å². The third-order valence-electron chi connectivity index (χ3n) is 5.34. The van der Waals surface area contributed by atoms with Crippen LogP contribution < -0.4 is 9.47 Å². The van der Waals surface area contributed by atoms with E-state index in [1.807, 2.05) is 18.2 Å². The lowest BCUT2D eigenvalue weighted by molar-refractivity contribution is -0.144. The Morgan fingerprint density at radius 2 is 2.24 bits per heavy atom. The number of carboxylic acids is 1. The van der Waals surface area contributed by atoms with Crippen LogP contribution in [0.5, 0.6) is 11.5 Å². The molecule has 0 amide bonds. The number of benzene rings is 1. The lowest BCUT2D eigenvalue weighted by atomic mass is 9.89. The number of ether oxygens (including phenoxy) is 2. The van der Waals surface area contributed by atoms with Gasteiger partial charge in [0.2, 0.25) is 0 Å². The van der Waals surface area contributed by atoms with Gasteiger partial charge in [0.05, 0.1) is 6.61 Å². The topological polar surface area (TPSA) is 55.8 Å². The molecular weight excluding hydrogens is 268 g/mol. The van der Waals surface area contributed by atoms with Gasteiger partial charge in [-0.05, 0) is 48.6 Å². The van der Waals surface area contributed by atoms with Crippen LogP contribution in [0.3, 0.4) is 0 Å². The zero-order valence-corrected chi connectivity index (χ0v) is 12.0. The molecule has 4 nitrogen and oxygen atoms in total. The van der Waals surface area contributed by atoms with E-state index in [-0.39, 0.29) is 0 Å². The predicted octanol–water partition coefficient (Wildman–Crippen LogP) is 2.89. The molecule has 2 aliphatic carbocycles. The lowest BCUT2D eigenvalue weighted by Crippen LogP contribution is -2.24. The molecule has 1 aliphatic heterocycles. The summed E-state index contributed by atoms with van der Waals surface area (Å²) in [5.74, 6) is 3.04. The highest BCUT2D eigenvalue weighted by molar-refractivity contribution is 5.74. The highest BCUT2D eigenvalue weighted by Crippen LogP contribution is 2.48. The van der Waals surface area contributed by atoms with Gasteiger partial charge in [-0.1, -0.05) is 12.5 Å². The van der Waals surface area contributed by atoms with Gasteiger partial charge in [-0.25, -0.2) is 4.79 Å². The minimum atomic E-state index is -0.907. The maximum Gasteiger partial charge on any atom is 0.345 e. The van der Waals surface area contributed by atoms with Gasteiger partial charge in [0, 0.05) is 12.5 Å². The molecule has 2 saturated carbocycles. The average Bonchev–Trinajstić information content (AvgIpc) is 3.18. The van der Waals surface area contributed by atoms with Crippen LogP contribution in [0, 0.1) is 17.8 Å². The van der Waals surface area contributed by atoms with Crippen LogP contribution in [0.2, 0.25) is 0 Å². The van der Waals surface area contributed by atoms with E-state index in [4.69, 9.17) is 14.6 Å². The first-order valence-electron chi connectivity index (χ1n) is 7.84. The van der Waals surface area contributed by atoms with Crippen LogP contribution in [-0.2, 0) is 11.2 Å². The molecule has 2 bridgehead atoms. The summed E-state index contributed by atoms with van der Waals surface area (Å²) in [6, 6.07) is 5.69. The fourth-order valence-electron chi connectivity index (χ4n) is 4.22. The van der Waals surface area contributed by atoms with Gasteiger partial charge >= 0.3 is 5.97 Å². The maximum absolute atomic E-state index is 11.0. The normalized spacial score (nSPS) is 32.8. The second kappa shape index (κ2) is 4.93. The summed E-state index contributed by atoms with van der Waals surface area (Å²) in [5, 5.41) is 9.01. The summed E-state index contributed by atoms with van der Waals surface area (Å²) in [7, 11) is 0. The Bertz CT molecular complexity index is 568. The summed E-state index contributed by atoms with van der Waals surface area (Å²) in [6.45, 7) is 0.780. The Kier molecular flexibility index (Phi) is 3.05. The van der Waals surface area contributed by atoms with E-state index in [9.17, 15) is 4.79 Å². The summed E-state index contributed by atoms with van der Waals surface area (Å²) >= 11 is 0. The maximum atomic E-state index is 11.0. The zero-order valence-electron chi connectivity index (χ0n) is 12.0. The number of hydrogen-bond acceptors (Lipinski definition) is 3. The van der Waals surface area contributed by atoms with Crippen LogP contribution >= 0.6 is 0 Å². The Hall–Kier alpha value is -1.71. The Morgan fingerprint density at radius 1 is 1.33 bits per heavy atom. The van der Waals surface area contributed by atoms with Crippen molar-refractivity contribution in [1.82, 2.24) is 0 Å². The molecule has 4 unspecified atom stereocenters. The number of hydrogen-bond donors (Lipinski definition) is 1. The molecule has 3 aliphatic rings. The molecule has 0 saturated heterocycles. The summed E-state index contributed by atoms with van der Waals surface area (Å²) in [6.07, 6.45) is 5.17. The van der Waals surface area contributed by atoms with Crippen LogP contribution in [0.25, 0.3) is 0 Å². The third kappa shape index (κ3) is 2.37. The molecule has 4 rings (SSSR count). The SMILES string of the molecule is O=C(O)C1Cc2ccc(OCC3CC4CCC3C4)cc2O1. The first-order valence-corrected chi connectivity index (χ1v) is 7.84. The van der Waals surface area contributed by atoms with E-state index in [2.05, 4.69) is 0 Å². The standard InChI is InChI=1S/C17H20O4/c18-17(19)16-7-12-3-4-14(8-15(12)21-16)20-9-13-6-10-1-2-11(13)5-10/h3-4,8,10-11,13,16H,1-2,5-7,9H2,(H,18,19). The molecule has 0 aromatic heterocycles. The van der Waals surface area contributed by atoms with Crippen LogP contribution in [0.15, 0.2) is 18.2 Å². The highest BCUT2D eigenvalue weighted by atomic mass is 16.5. The molecule has 4 atom stereocenters. The van der Waals surface area contributed by atoms with Crippen molar-refractivity contribution in [3.63, 3.8) is 0 Å². The van der Waals surface area contributed by atoms with Crippen LogP contribution in [0.1, 0.15) is 31.2 Å². The second-order valence-electron chi connectivity index (χ2n) is 6.66. The highest BCUT2D eigenvalue weighted by Gasteiger charge is 2.39. The second-order valence-corrected chi connectivity index (χ2v) is 6.66. The number of carboxylic acid groups (broad SMARTS) is 1. The molecular formula is C17H20O4. The molecule has 1 N–H and O–H groups in total. The van der Waals surface area contributed by atoms with Crippen molar-refractivity contribution in [2.75, 3.05) is 6.61 Å². The third-order valence-corrected chi connectivity index (χ3v) is 5.34. The molecule has 0 radical (unpaired) electrons.